The molecule has 3 atom stereocenters. The van der Waals surface area contributed by atoms with E-state index in [1.807, 2.05) is 0 Å². The van der Waals surface area contributed by atoms with Crippen molar-refractivity contribution in [2.24, 2.45) is 11.8 Å². The van der Waals surface area contributed by atoms with Gasteiger partial charge >= 0.3 is 0 Å². The van der Waals surface area contributed by atoms with E-state index in [0.717, 1.165) is 44.2 Å². The molecule has 3 heterocycles. The molecule has 4 heteroatoms. The fourth-order valence-corrected chi connectivity index (χ4v) is 3.66. The zero-order valence-corrected chi connectivity index (χ0v) is 11.6. The first-order valence-corrected chi connectivity index (χ1v) is 7.58. The van der Waals surface area contributed by atoms with E-state index >= 15 is 0 Å². The molecule has 3 aliphatic rings. The Morgan fingerprint density at radius 1 is 1.17 bits per heavy atom. The van der Waals surface area contributed by atoms with Crippen molar-refractivity contribution < 1.29 is 4.74 Å². The summed E-state index contributed by atoms with van der Waals surface area (Å²) in [6, 6.07) is 0.790. The number of nitrogens with one attached hydrogen (secondary N) is 1. The SMILES string of the molecule is C[C@@H]1CNC[C@H]1CN1CCC(N2CCOCC2)C1. The third-order valence-corrected chi connectivity index (χ3v) is 4.98. The predicted octanol–water partition coefficient (Wildman–Crippen LogP) is 0.248. The summed E-state index contributed by atoms with van der Waals surface area (Å²) in [6.07, 6.45) is 1.36. The first-order valence-electron chi connectivity index (χ1n) is 7.58. The summed E-state index contributed by atoms with van der Waals surface area (Å²) in [4.78, 5) is 5.33. The molecule has 0 amide bonds. The number of nitrogens with zero attached hydrogens (tertiary/aromatic N) is 2. The van der Waals surface area contributed by atoms with Crippen molar-refractivity contribution in [3.05, 3.63) is 0 Å². The molecule has 0 aromatic rings. The van der Waals surface area contributed by atoms with E-state index < -0.39 is 0 Å². The predicted molar refractivity (Wildman–Crippen MR) is 72.8 cm³/mol. The van der Waals surface area contributed by atoms with Crippen LogP contribution in [-0.4, -0.2) is 74.9 Å². The summed E-state index contributed by atoms with van der Waals surface area (Å²) in [7, 11) is 0. The zero-order chi connectivity index (χ0) is 12.4. The quantitative estimate of drug-likeness (QED) is 0.780. The van der Waals surface area contributed by atoms with Crippen molar-refractivity contribution >= 4 is 0 Å². The summed E-state index contributed by atoms with van der Waals surface area (Å²) in [5, 5.41) is 3.52. The highest BCUT2D eigenvalue weighted by Crippen LogP contribution is 2.22. The Balaban J connectivity index is 1.46. The van der Waals surface area contributed by atoms with Gasteiger partial charge in [0.1, 0.15) is 0 Å². The van der Waals surface area contributed by atoms with Crippen LogP contribution < -0.4 is 5.32 Å². The van der Waals surface area contributed by atoms with Crippen LogP contribution >= 0.6 is 0 Å². The van der Waals surface area contributed by atoms with Gasteiger partial charge in [0.15, 0.2) is 0 Å². The number of rotatable bonds is 3. The molecule has 0 spiro atoms. The topological polar surface area (TPSA) is 27.7 Å². The zero-order valence-electron chi connectivity index (χ0n) is 11.6. The lowest BCUT2D eigenvalue weighted by Crippen LogP contribution is -2.45. The van der Waals surface area contributed by atoms with Crippen LogP contribution in [-0.2, 0) is 4.74 Å². The maximum atomic E-state index is 5.44. The lowest BCUT2D eigenvalue weighted by Gasteiger charge is -2.32. The molecule has 0 radical (unpaired) electrons. The van der Waals surface area contributed by atoms with Gasteiger partial charge in [0, 0.05) is 32.2 Å². The molecule has 3 aliphatic heterocycles. The summed E-state index contributed by atoms with van der Waals surface area (Å²) in [5.74, 6) is 1.72. The maximum absolute atomic E-state index is 5.44. The van der Waals surface area contributed by atoms with Gasteiger partial charge in [-0.05, 0) is 37.9 Å². The van der Waals surface area contributed by atoms with Crippen LogP contribution in [0.3, 0.4) is 0 Å². The molecular weight excluding hydrogens is 226 g/mol. The van der Waals surface area contributed by atoms with E-state index in [9.17, 15) is 0 Å². The molecule has 1 unspecified atom stereocenters. The molecule has 1 N–H and O–H groups in total. The van der Waals surface area contributed by atoms with Crippen LogP contribution in [0, 0.1) is 11.8 Å². The Labute approximate surface area is 111 Å². The van der Waals surface area contributed by atoms with E-state index in [0.29, 0.717) is 0 Å². The Morgan fingerprint density at radius 2 is 2.00 bits per heavy atom. The summed E-state index contributed by atoms with van der Waals surface area (Å²) < 4.78 is 5.44. The Hall–Kier alpha value is -0.160. The fraction of sp³-hybridized carbons (Fsp3) is 1.00. The molecular formula is C14H27N3O. The Kier molecular flexibility index (Phi) is 4.19. The molecule has 104 valence electrons. The molecule has 4 nitrogen and oxygen atoms in total. The summed E-state index contributed by atoms with van der Waals surface area (Å²) in [5.41, 5.74) is 0. The van der Waals surface area contributed by atoms with E-state index in [1.54, 1.807) is 0 Å². The second kappa shape index (κ2) is 5.87. The van der Waals surface area contributed by atoms with Crippen molar-refractivity contribution in [2.45, 2.75) is 19.4 Å². The van der Waals surface area contributed by atoms with Crippen LogP contribution in [0.4, 0.5) is 0 Å². The molecule has 3 rings (SSSR count). The van der Waals surface area contributed by atoms with E-state index in [2.05, 4.69) is 22.0 Å². The summed E-state index contributed by atoms with van der Waals surface area (Å²) >= 11 is 0. The van der Waals surface area contributed by atoms with Crippen LogP contribution in [0.15, 0.2) is 0 Å². The third-order valence-electron chi connectivity index (χ3n) is 4.98. The minimum absolute atomic E-state index is 0.790. The van der Waals surface area contributed by atoms with Gasteiger partial charge in [-0.25, -0.2) is 0 Å². The standard InChI is InChI=1S/C14H27N3O/c1-12-8-15-9-13(12)10-16-3-2-14(11-16)17-4-6-18-7-5-17/h12-15H,2-11H2,1H3/t12-,13+,14?/m1/s1. The van der Waals surface area contributed by atoms with Crippen LogP contribution in [0.2, 0.25) is 0 Å². The van der Waals surface area contributed by atoms with Crippen molar-refractivity contribution in [3.63, 3.8) is 0 Å². The smallest absolute Gasteiger partial charge is 0.0594 e. The number of hydrogen-bond donors (Lipinski definition) is 1. The van der Waals surface area contributed by atoms with E-state index in [1.165, 1.54) is 39.1 Å². The second-order valence-electron chi connectivity index (χ2n) is 6.25. The molecule has 0 saturated carbocycles. The molecule has 3 fully saturated rings. The fourth-order valence-electron chi connectivity index (χ4n) is 3.66. The number of morpholine rings is 1. The van der Waals surface area contributed by atoms with Crippen molar-refractivity contribution in [3.8, 4) is 0 Å². The monoisotopic (exact) mass is 253 g/mol. The van der Waals surface area contributed by atoms with Gasteiger partial charge in [0.05, 0.1) is 13.2 Å². The summed E-state index contributed by atoms with van der Waals surface area (Å²) in [6.45, 7) is 12.8. The van der Waals surface area contributed by atoms with E-state index in [-0.39, 0.29) is 0 Å². The molecule has 18 heavy (non-hydrogen) atoms. The molecule has 3 saturated heterocycles. The molecule has 0 aliphatic carbocycles. The first kappa shape index (κ1) is 12.9. The third kappa shape index (κ3) is 2.87. The molecule has 0 aromatic heterocycles. The second-order valence-corrected chi connectivity index (χ2v) is 6.25. The number of hydrogen-bond acceptors (Lipinski definition) is 4. The minimum atomic E-state index is 0.790. The van der Waals surface area contributed by atoms with Gasteiger partial charge in [-0.3, -0.25) is 4.90 Å². The van der Waals surface area contributed by atoms with Gasteiger partial charge in [-0.15, -0.1) is 0 Å². The van der Waals surface area contributed by atoms with Crippen LogP contribution in [0.25, 0.3) is 0 Å². The Morgan fingerprint density at radius 3 is 2.72 bits per heavy atom. The average Bonchev–Trinajstić information content (AvgIpc) is 3.02. The van der Waals surface area contributed by atoms with Gasteiger partial charge in [0.25, 0.3) is 0 Å². The number of likely N-dealkylation sites (tertiary alicyclic amines) is 1. The molecule has 0 aromatic carbocycles. The van der Waals surface area contributed by atoms with Crippen molar-refractivity contribution in [1.82, 2.24) is 15.1 Å². The van der Waals surface area contributed by atoms with Crippen LogP contribution in [0.5, 0.6) is 0 Å². The highest BCUT2D eigenvalue weighted by molar-refractivity contribution is 4.88. The lowest BCUT2D eigenvalue weighted by atomic mass is 9.98. The maximum Gasteiger partial charge on any atom is 0.0594 e. The normalized spacial score (nSPS) is 39.5. The first-order chi connectivity index (χ1) is 8.83. The van der Waals surface area contributed by atoms with Crippen molar-refractivity contribution in [1.29, 1.82) is 0 Å². The van der Waals surface area contributed by atoms with Gasteiger partial charge in [-0.1, -0.05) is 6.92 Å². The Bertz CT molecular complexity index is 268. The minimum Gasteiger partial charge on any atom is -0.379 e. The highest BCUT2D eigenvalue weighted by Gasteiger charge is 2.32. The van der Waals surface area contributed by atoms with Gasteiger partial charge in [-0.2, -0.15) is 0 Å². The lowest BCUT2D eigenvalue weighted by molar-refractivity contribution is 0.0182. The highest BCUT2D eigenvalue weighted by atomic mass is 16.5. The number of ether oxygens (including phenoxy) is 1. The largest absolute Gasteiger partial charge is 0.379 e. The van der Waals surface area contributed by atoms with Gasteiger partial charge in [0.2, 0.25) is 0 Å². The molecule has 0 bridgehead atoms. The average molecular weight is 253 g/mol. The van der Waals surface area contributed by atoms with Crippen molar-refractivity contribution in [2.75, 3.05) is 59.0 Å². The van der Waals surface area contributed by atoms with E-state index in [4.69, 9.17) is 4.74 Å². The van der Waals surface area contributed by atoms with Crippen LogP contribution in [0.1, 0.15) is 13.3 Å². The van der Waals surface area contributed by atoms with Gasteiger partial charge < -0.3 is 15.0 Å².